The van der Waals surface area contributed by atoms with E-state index in [9.17, 15) is 9.90 Å². The highest BCUT2D eigenvalue weighted by Crippen LogP contribution is 2.31. The number of aliphatic hydroxyl groups is 1. The lowest BCUT2D eigenvalue weighted by Gasteiger charge is -2.29. The number of piperidine rings is 1. The summed E-state index contributed by atoms with van der Waals surface area (Å²) < 4.78 is 11.6. The maximum Gasteiger partial charge on any atom is 0.254 e. The van der Waals surface area contributed by atoms with Gasteiger partial charge in [0, 0.05) is 31.7 Å². The monoisotopic (exact) mass is 398 g/mol. The van der Waals surface area contributed by atoms with Crippen molar-refractivity contribution in [3.8, 4) is 11.5 Å². The molecule has 0 radical (unpaired) electrons. The molecule has 6 heteroatoms. The lowest BCUT2D eigenvalue weighted by molar-refractivity contribution is 0.0707. The van der Waals surface area contributed by atoms with Crippen LogP contribution in [0, 0.1) is 0 Å². The van der Waals surface area contributed by atoms with Crippen LogP contribution in [0.15, 0.2) is 48.5 Å². The number of amides is 1. The lowest BCUT2D eigenvalue weighted by atomic mass is 10.1. The molecule has 1 saturated heterocycles. The first-order valence-electron chi connectivity index (χ1n) is 10.1. The van der Waals surface area contributed by atoms with Crippen molar-refractivity contribution in [2.45, 2.75) is 25.5 Å². The largest absolute Gasteiger partial charge is 0.493 e. The van der Waals surface area contributed by atoms with E-state index in [1.54, 1.807) is 24.1 Å². The summed E-state index contributed by atoms with van der Waals surface area (Å²) in [5.41, 5.74) is 1.53. The van der Waals surface area contributed by atoms with Crippen molar-refractivity contribution in [1.29, 1.82) is 0 Å². The summed E-state index contributed by atoms with van der Waals surface area (Å²) in [6.45, 7) is 2.64. The molecule has 3 rings (SSSR count). The Labute approximate surface area is 172 Å². The van der Waals surface area contributed by atoms with Crippen molar-refractivity contribution in [3.63, 3.8) is 0 Å². The molecule has 0 spiro atoms. The molecule has 0 unspecified atom stereocenters. The number of likely N-dealkylation sites (tertiary alicyclic amines) is 1. The van der Waals surface area contributed by atoms with Crippen LogP contribution in [0.25, 0.3) is 0 Å². The quantitative estimate of drug-likeness (QED) is 0.741. The zero-order valence-corrected chi connectivity index (χ0v) is 17.2. The average Bonchev–Trinajstić information content (AvgIpc) is 2.75. The van der Waals surface area contributed by atoms with E-state index in [-0.39, 0.29) is 25.2 Å². The summed E-state index contributed by atoms with van der Waals surface area (Å²) in [6.07, 6.45) is 2.11. The van der Waals surface area contributed by atoms with E-state index in [0.29, 0.717) is 23.6 Å². The molecule has 0 saturated carbocycles. The molecule has 1 heterocycles. The Morgan fingerprint density at radius 1 is 1.14 bits per heavy atom. The van der Waals surface area contributed by atoms with Crippen molar-refractivity contribution in [3.05, 3.63) is 59.7 Å². The molecule has 1 fully saturated rings. The van der Waals surface area contributed by atoms with Crippen LogP contribution in [-0.4, -0.2) is 67.3 Å². The zero-order chi connectivity index (χ0) is 20.6. The molecule has 1 aliphatic rings. The molecule has 1 N–H and O–H groups in total. The summed E-state index contributed by atoms with van der Waals surface area (Å²) in [4.78, 5) is 17.0. The third kappa shape index (κ3) is 5.71. The molecular weight excluding hydrogens is 368 g/mol. The van der Waals surface area contributed by atoms with Gasteiger partial charge in [0.1, 0.15) is 6.10 Å². The molecule has 2 aromatic carbocycles. The first kappa shape index (κ1) is 21.1. The van der Waals surface area contributed by atoms with Crippen LogP contribution in [0.1, 0.15) is 28.8 Å². The van der Waals surface area contributed by atoms with Crippen LogP contribution in [0.3, 0.4) is 0 Å². The summed E-state index contributed by atoms with van der Waals surface area (Å²) >= 11 is 0. The predicted molar refractivity (Wildman–Crippen MR) is 112 cm³/mol. The fourth-order valence-electron chi connectivity index (χ4n) is 3.54. The van der Waals surface area contributed by atoms with Crippen LogP contribution in [0.4, 0.5) is 0 Å². The van der Waals surface area contributed by atoms with Gasteiger partial charge in [0.2, 0.25) is 0 Å². The molecule has 0 aromatic heterocycles. The molecule has 1 amide bonds. The molecule has 6 nitrogen and oxygen atoms in total. The lowest BCUT2D eigenvalue weighted by Crippen LogP contribution is -2.35. The minimum absolute atomic E-state index is 0.0902. The van der Waals surface area contributed by atoms with Gasteiger partial charge in [-0.05, 0) is 43.7 Å². The van der Waals surface area contributed by atoms with E-state index in [1.807, 2.05) is 36.4 Å². The Hall–Kier alpha value is -2.57. The van der Waals surface area contributed by atoms with Gasteiger partial charge in [-0.2, -0.15) is 0 Å². The SMILES string of the molecule is COc1cc(C(=O)N(CCO)Cc2ccccc2)ccc1OC1CCN(C)CC1. The standard InChI is InChI=1S/C23H30N2O4/c1-24-12-10-20(11-13-24)29-21-9-8-19(16-22(21)28-2)23(27)25(14-15-26)17-18-6-4-3-5-7-18/h3-9,16,20,26H,10-15,17H2,1-2H3. The first-order valence-corrected chi connectivity index (χ1v) is 10.1. The number of hydrogen-bond acceptors (Lipinski definition) is 5. The predicted octanol–water partition coefficient (Wildman–Crippen LogP) is 2.80. The number of rotatable bonds is 8. The third-order valence-corrected chi connectivity index (χ3v) is 5.24. The summed E-state index contributed by atoms with van der Waals surface area (Å²) in [7, 11) is 3.70. The van der Waals surface area contributed by atoms with E-state index in [0.717, 1.165) is 31.5 Å². The van der Waals surface area contributed by atoms with Crippen LogP contribution in [0.5, 0.6) is 11.5 Å². The van der Waals surface area contributed by atoms with Gasteiger partial charge in [-0.15, -0.1) is 0 Å². The van der Waals surface area contributed by atoms with Gasteiger partial charge in [-0.1, -0.05) is 30.3 Å². The van der Waals surface area contributed by atoms with Gasteiger partial charge in [0.25, 0.3) is 5.91 Å². The number of carbonyl (C=O) groups is 1. The number of carbonyl (C=O) groups excluding carboxylic acids is 1. The number of nitrogens with zero attached hydrogens (tertiary/aromatic N) is 2. The van der Waals surface area contributed by atoms with Gasteiger partial charge in [-0.25, -0.2) is 0 Å². The van der Waals surface area contributed by atoms with Crippen LogP contribution >= 0.6 is 0 Å². The zero-order valence-electron chi connectivity index (χ0n) is 17.2. The van der Waals surface area contributed by atoms with Gasteiger partial charge >= 0.3 is 0 Å². The third-order valence-electron chi connectivity index (χ3n) is 5.24. The van der Waals surface area contributed by atoms with E-state index in [1.165, 1.54) is 0 Å². The van der Waals surface area contributed by atoms with Crippen molar-refractivity contribution in [2.24, 2.45) is 0 Å². The Balaban J connectivity index is 1.73. The highest BCUT2D eigenvalue weighted by atomic mass is 16.5. The molecule has 0 atom stereocenters. The van der Waals surface area contributed by atoms with Gasteiger partial charge in [-0.3, -0.25) is 4.79 Å². The fraction of sp³-hybridized carbons (Fsp3) is 0.435. The fourth-order valence-corrected chi connectivity index (χ4v) is 3.54. The van der Waals surface area contributed by atoms with E-state index < -0.39 is 0 Å². The Kier molecular flexibility index (Phi) is 7.49. The maximum absolute atomic E-state index is 13.1. The van der Waals surface area contributed by atoms with Gasteiger partial charge in [0.05, 0.1) is 13.7 Å². The summed E-state index contributed by atoms with van der Waals surface area (Å²) in [5, 5.41) is 9.41. The molecular formula is C23H30N2O4. The second-order valence-electron chi connectivity index (χ2n) is 7.42. The van der Waals surface area contributed by atoms with E-state index >= 15 is 0 Å². The average molecular weight is 399 g/mol. The van der Waals surface area contributed by atoms with E-state index in [2.05, 4.69) is 11.9 Å². The Bertz CT molecular complexity index is 789. The highest BCUT2D eigenvalue weighted by molar-refractivity contribution is 5.95. The number of benzene rings is 2. The number of ether oxygens (including phenoxy) is 2. The van der Waals surface area contributed by atoms with E-state index in [4.69, 9.17) is 9.47 Å². The van der Waals surface area contributed by atoms with Crippen molar-refractivity contribution in [2.75, 3.05) is 40.4 Å². The van der Waals surface area contributed by atoms with Crippen molar-refractivity contribution >= 4 is 5.91 Å². The topological polar surface area (TPSA) is 62.2 Å². The van der Waals surface area contributed by atoms with Crippen molar-refractivity contribution < 1.29 is 19.4 Å². The molecule has 0 aliphatic carbocycles. The first-order chi connectivity index (χ1) is 14.1. The molecule has 156 valence electrons. The van der Waals surface area contributed by atoms with Crippen LogP contribution < -0.4 is 9.47 Å². The minimum atomic E-state index is -0.146. The molecule has 0 bridgehead atoms. The molecule has 2 aromatic rings. The molecule has 29 heavy (non-hydrogen) atoms. The number of hydrogen-bond donors (Lipinski definition) is 1. The van der Waals surface area contributed by atoms with Gasteiger partial charge < -0.3 is 24.4 Å². The summed E-state index contributed by atoms with van der Waals surface area (Å²) in [5.74, 6) is 1.07. The molecule has 1 aliphatic heterocycles. The van der Waals surface area contributed by atoms with Gasteiger partial charge in [0.15, 0.2) is 11.5 Å². The van der Waals surface area contributed by atoms with Crippen molar-refractivity contribution in [1.82, 2.24) is 9.80 Å². The smallest absolute Gasteiger partial charge is 0.254 e. The number of aliphatic hydroxyl groups excluding tert-OH is 1. The second kappa shape index (κ2) is 10.3. The van der Waals surface area contributed by atoms with Crippen LogP contribution in [-0.2, 0) is 6.54 Å². The van der Waals surface area contributed by atoms with Crippen LogP contribution in [0.2, 0.25) is 0 Å². The Morgan fingerprint density at radius 3 is 2.52 bits per heavy atom. The normalized spacial score (nSPS) is 15.1. The number of methoxy groups -OCH3 is 1. The summed E-state index contributed by atoms with van der Waals surface area (Å²) in [6, 6.07) is 15.1. The highest BCUT2D eigenvalue weighted by Gasteiger charge is 2.22. The Morgan fingerprint density at radius 2 is 1.86 bits per heavy atom. The second-order valence-corrected chi connectivity index (χ2v) is 7.42. The minimum Gasteiger partial charge on any atom is -0.493 e. The maximum atomic E-state index is 13.1.